The quantitative estimate of drug-likeness (QED) is 0.534. The number of nitro groups is 1. The molecular weight excluding hydrogens is 306 g/mol. The molecule has 0 bridgehead atoms. The first-order valence-corrected chi connectivity index (χ1v) is 6.28. The van der Waals surface area contributed by atoms with Crippen molar-refractivity contribution in [3.63, 3.8) is 0 Å². The van der Waals surface area contributed by atoms with Crippen molar-refractivity contribution in [1.82, 2.24) is 0 Å². The number of hydrogen-bond acceptors (Lipinski definition) is 6. The maximum atomic E-state index is 14.1. The van der Waals surface area contributed by atoms with Gasteiger partial charge >= 0.3 is 11.7 Å². The van der Waals surface area contributed by atoms with Crippen LogP contribution in [0.15, 0.2) is 18.2 Å². The van der Waals surface area contributed by atoms with Crippen LogP contribution in [-0.4, -0.2) is 18.0 Å². The van der Waals surface area contributed by atoms with E-state index < -0.39 is 28.2 Å². The van der Waals surface area contributed by atoms with Gasteiger partial charge in [0.2, 0.25) is 5.82 Å². The first-order chi connectivity index (χ1) is 9.85. The number of nitro benzene ring substituents is 1. The zero-order chi connectivity index (χ0) is 15.7. The van der Waals surface area contributed by atoms with Gasteiger partial charge in [-0.25, -0.2) is 9.18 Å². The van der Waals surface area contributed by atoms with Crippen molar-refractivity contribution in [1.29, 1.82) is 0 Å². The summed E-state index contributed by atoms with van der Waals surface area (Å²) in [7, 11) is 1.15. The van der Waals surface area contributed by atoms with Crippen LogP contribution in [0.5, 0.6) is 0 Å². The van der Waals surface area contributed by atoms with Crippen molar-refractivity contribution < 1.29 is 23.2 Å². The first-order valence-electron chi connectivity index (χ1n) is 5.46. The third kappa shape index (κ3) is 2.68. The highest BCUT2D eigenvalue weighted by Crippen LogP contribution is 2.37. The van der Waals surface area contributed by atoms with Crippen LogP contribution >= 0.6 is 11.3 Å². The average Bonchev–Trinajstić information content (AvgIpc) is 2.81. The number of thiophene rings is 1. The lowest BCUT2D eigenvalue weighted by atomic mass is 10.1. The van der Waals surface area contributed by atoms with Crippen LogP contribution in [0.1, 0.15) is 9.67 Å². The fraction of sp³-hybridized carbons (Fsp3) is 0.0833. The number of nitrogen functional groups attached to an aromatic ring is 1. The molecule has 0 aliphatic rings. The van der Waals surface area contributed by atoms with Gasteiger partial charge in [0.25, 0.3) is 0 Å². The first kappa shape index (κ1) is 14.9. The number of carbonyl (C=O) groups excluding carboxylic acids is 1. The van der Waals surface area contributed by atoms with Crippen molar-refractivity contribution in [2.45, 2.75) is 0 Å². The standard InChI is InChI=1S/C12H8F2N2O4S/c1-20-12(17)11-7(15)4-9(21-11)6-2-5(13)3-8(10(6)14)16(18)19/h2-4H,15H2,1H3. The van der Waals surface area contributed by atoms with Crippen LogP contribution in [0.25, 0.3) is 10.4 Å². The Bertz CT molecular complexity index is 745. The highest BCUT2D eigenvalue weighted by molar-refractivity contribution is 7.18. The highest BCUT2D eigenvalue weighted by Gasteiger charge is 2.24. The molecule has 0 fully saturated rings. The normalized spacial score (nSPS) is 10.4. The summed E-state index contributed by atoms with van der Waals surface area (Å²) < 4.78 is 31.9. The van der Waals surface area contributed by atoms with Gasteiger partial charge in [-0.2, -0.15) is 4.39 Å². The lowest BCUT2D eigenvalue weighted by Crippen LogP contribution is -2.00. The number of anilines is 1. The molecule has 0 aliphatic heterocycles. The zero-order valence-electron chi connectivity index (χ0n) is 10.6. The zero-order valence-corrected chi connectivity index (χ0v) is 11.4. The minimum atomic E-state index is -1.20. The number of esters is 1. The molecule has 21 heavy (non-hydrogen) atoms. The maximum absolute atomic E-state index is 14.1. The predicted molar refractivity (Wildman–Crippen MR) is 72.1 cm³/mol. The Morgan fingerprint density at radius 2 is 2.05 bits per heavy atom. The number of benzene rings is 1. The number of methoxy groups -OCH3 is 1. The summed E-state index contributed by atoms with van der Waals surface area (Å²) in [4.78, 5) is 21.2. The minimum absolute atomic E-state index is 0.0128. The molecule has 2 aromatic rings. The van der Waals surface area contributed by atoms with Gasteiger partial charge in [-0.1, -0.05) is 0 Å². The van der Waals surface area contributed by atoms with Gasteiger partial charge in [-0.3, -0.25) is 10.1 Å². The van der Waals surface area contributed by atoms with Crippen molar-refractivity contribution in [3.8, 4) is 10.4 Å². The summed E-state index contributed by atoms with van der Waals surface area (Å²) in [6.45, 7) is 0. The van der Waals surface area contributed by atoms with Crippen molar-refractivity contribution in [3.05, 3.63) is 44.8 Å². The molecule has 0 spiro atoms. The van der Waals surface area contributed by atoms with E-state index >= 15 is 0 Å². The average molecular weight is 314 g/mol. The second kappa shape index (κ2) is 5.44. The molecule has 0 amide bonds. The fourth-order valence-electron chi connectivity index (χ4n) is 1.68. The number of nitrogens with zero attached hydrogens (tertiary/aromatic N) is 1. The summed E-state index contributed by atoms with van der Waals surface area (Å²) in [6, 6.07) is 2.52. The lowest BCUT2D eigenvalue weighted by molar-refractivity contribution is -0.387. The Hall–Kier alpha value is -2.55. The van der Waals surface area contributed by atoms with Gasteiger partial charge in [0, 0.05) is 10.4 Å². The smallest absolute Gasteiger partial charge is 0.350 e. The van der Waals surface area contributed by atoms with E-state index in [0.717, 1.165) is 24.5 Å². The van der Waals surface area contributed by atoms with Crippen LogP contribution in [0.2, 0.25) is 0 Å². The summed E-state index contributed by atoms with van der Waals surface area (Å²) in [5, 5.41) is 10.7. The van der Waals surface area contributed by atoms with E-state index in [-0.39, 0.29) is 21.0 Å². The predicted octanol–water partition coefficient (Wildman–Crippen LogP) is 2.97. The number of carbonyl (C=O) groups is 1. The van der Waals surface area contributed by atoms with Gasteiger partial charge in [-0.05, 0) is 12.1 Å². The van der Waals surface area contributed by atoms with Crippen LogP contribution in [0.3, 0.4) is 0 Å². The van der Waals surface area contributed by atoms with Crippen molar-refractivity contribution in [2.75, 3.05) is 12.8 Å². The summed E-state index contributed by atoms with van der Waals surface area (Å²) in [5.41, 5.74) is 4.29. The molecular formula is C12H8F2N2O4S. The van der Waals surface area contributed by atoms with Crippen molar-refractivity contribution in [2.24, 2.45) is 0 Å². The molecule has 2 rings (SSSR count). The maximum Gasteiger partial charge on any atom is 0.350 e. The Balaban J connectivity index is 2.62. The van der Waals surface area contributed by atoms with E-state index in [2.05, 4.69) is 4.74 Å². The van der Waals surface area contributed by atoms with E-state index in [1.165, 1.54) is 6.07 Å². The molecule has 110 valence electrons. The van der Waals surface area contributed by atoms with Gasteiger partial charge in [0.15, 0.2) is 0 Å². The molecule has 9 heteroatoms. The third-order valence-electron chi connectivity index (χ3n) is 2.61. The summed E-state index contributed by atoms with van der Waals surface area (Å²) in [5.74, 6) is -2.89. The molecule has 0 saturated heterocycles. The molecule has 0 aliphatic carbocycles. The van der Waals surface area contributed by atoms with E-state index in [1.54, 1.807) is 0 Å². The van der Waals surface area contributed by atoms with Gasteiger partial charge in [0.05, 0.1) is 23.8 Å². The van der Waals surface area contributed by atoms with Crippen LogP contribution in [-0.2, 0) is 4.74 Å². The largest absolute Gasteiger partial charge is 0.465 e. The highest BCUT2D eigenvalue weighted by atomic mass is 32.1. The number of ether oxygens (including phenoxy) is 1. The van der Waals surface area contributed by atoms with Gasteiger partial charge in [-0.15, -0.1) is 11.3 Å². The Kier molecular flexibility index (Phi) is 3.85. The van der Waals surface area contributed by atoms with Crippen LogP contribution in [0, 0.1) is 21.7 Å². The molecule has 6 nitrogen and oxygen atoms in total. The molecule has 2 N–H and O–H groups in total. The van der Waals surface area contributed by atoms with E-state index in [9.17, 15) is 23.7 Å². The lowest BCUT2D eigenvalue weighted by Gasteiger charge is -2.01. The molecule has 1 aromatic carbocycles. The number of nitrogens with two attached hydrogens (primary N) is 1. The molecule has 1 heterocycles. The molecule has 0 unspecified atom stereocenters. The molecule has 0 atom stereocenters. The number of rotatable bonds is 3. The molecule has 1 aromatic heterocycles. The van der Waals surface area contributed by atoms with E-state index in [4.69, 9.17) is 5.73 Å². The van der Waals surface area contributed by atoms with E-state index in [0.29, 0.717) is 6.07 Å². The van der Waals surface area contributed by atoms with Gasteiger partial charge in [0.1, 0.15) is 10.7 Å². The topological polar surface area (TPSA) is 95.5 Å². The fourth-order valence-corrected chi connectivity index (χ4v) is 2.68. The molecule has 0 saturated carbocycles. The summed E-state index contributed by atoms with van der Waals surface area (Å²) in [6.07, 6.45) is 0. The van der Waals surface area contributed by atoms with Gasteiger partial charge < -0.3 is 10.5 Å². The number of hydrogen-bond donors (Lipinski definition) is 1. The third-order valence-corrected chi connectivity index (χ3v) is 3.78. The van der Waals surface area contributed by atoms with Crippen LogP contribution < -0.4 is 5.73 Å². The second-order valence-corrected chi connectivity index (χ2v) is 4.98. The Labute approximate surface area is 120 Å². The second-order valence-electron chi connectivity index (χ2n) is 3.93. The summed E-state index contributed by atoms with van der Waals surface area (Å²) >= 11 is 0.760. The van der Waals surface area contributed by atoms with Crippen molar-refractivity contribution >= 4 is 28.7 Å². The molecule has 0 radical (unpaired) electrons. The van der Waals surface area contributed by atoms with E-state index in [1.807, 2.05) is 0 Å². The Morgan fingerprint density at radius 1 is 1.38 bits per heavy atom. The number of halogens is 2. The SMILES string of the molecule is COC(=O)c1sc(-c2cc(F)cc([N+](=O)[O-])c2F)cc1N. The minimum Gasteiger partial charge on any atom is -0.465 e. The Morgan fingerprint density at radius 3 is 2.62 bits per heavy atom. The van der Waals surface area contributed by atoms with Crippen LogP contribution in [0.4, 0.5) is 20.2 Å². The monoisotopic (exact) mass is 314 g/mol.